The number of aliphatic hydroxyl groups excluding tert-OH is 1. The van der Waals surface area contributed by atoms with Crippen LogP contribution in [0.15, 0.2) is 28.7 Å². The molecule has 1 fully saturated rings. The summed E-state index contributed by atoms with van der Waals surface area (Å²) in [6.45, 7) is 0.939. The van der Waals surface area contributed by atoms with Crippen LogP contribution >= 0.6 is 15.9 Å². The number of nitrogens with one attached hydrogen (secondary N) is 1. The first-order valence-corrected chi connectivity index (χ1v) is 7.33. The Hall–Kier alpha value is -0.580. The predicted molar refractivity (Wildman–Crippen MR) is 75.9 cm³/mol. The molecule has 1 unspecified atom stereocenters. The first-order chi connectivity index (χ1) is 8.74. The molecule has 18 heavy (non-hydrogen) atoms. The monoisotopic (exact) mass is 313 g/mol. The van der Waals surface area contributed by atoms with Crippen molar-refractivity contribution in [2.45, 2.75) is 37.8 Å². The molecule has 1 aliphatic rings. The lowest BCUT2D eigenvalue weighted by Gasteiger charge is -2.16. The van der Waals surface area contributed by atoms with Gasteiger partial charge in [-0.15, -0.1) is 0 Å². The number of benzene rings is 1. The highest BCUT2D eigenvalue weighted by Gasteiger charge is 2.15. The SMILES string of the molecule is OC(CNC1CCCC1)COc1cccc(Br)c1. The van der Waals surface area contributed by atoms with E-state index in [1.54, 1.807) is 0 Å². The lowest BCUT2D eigenvalue weighted by atomic mass is 10.2. The van der Waals surface area contributed by atoms with Crippen molar-refractivity contribution in [2.75, 3.05) is 13.2 Å². The van der Waals surface area contributed by atoms with Gasteiger partial charge in [-0.2, -0.15) is 0 Å². The van der Waals surface area contributed by atoms with E-state index in [2.05, 4.69) is 21.2 Å². The van der Waals surface area contributed by atoms with Gasteiger partial charge in [0.1, 0.15) is 18.5 Å². The highest BCUT2D eigenvalue weighted by atomic mass is 79.9. The van der Waals surface area contributed by atoms with Crippen LogP contribution in [0.4, 0.5) is 0 Å². The molecule has 1 aromatic carbocycles. The van der Waals surface area contributed by atoms with Crippen LogP contribution in [0.3, 0.4) is 0 Å². The summed E-state index contributed by atoms with van der Waals surface area (Å²) in [5, 5.41) is 13.2. The van der Waals surface area contributed by atoms with Crippen LogP contribution in [0.25, 0.3) is 0 Å². The molecular weight excluding hydrogens is 294 g/mol. The van der Waals surface area contributed by atoms with Crippen molar-refractivity contribution >= 4 is 15.9 Å². The Balaban J connectivity index is 1.66. The summed E-state index contributed by atoms with van der Waals surface area (Å²) in [4.78, 5) is 0. The molecule has 1 atom stereocenters. The normalized spacial score (nSPS) is 17.9. The maximum absolute atomic E-state index is 9.84. The summed E-state index contributed by atoms with van der Waals surface area (Å²) in [7, 11) is 0. The molecule has 1 aliphatic carbocycles. The maximum Gasteiger partial charge on any atom is 0.120 e. The second kappa shape index (κ2) is 7.12. The second-order valence-electron chi connectivity index (χ2n) is 4.81. The topological polar surface area (TPSA) is 41.5 Å². The largest absolute Gasteiger partial charge is 0.491 e. The third-order valence-corrected chi connectivity index (χ3v) is 3.73. The first-order valence-electron chi connectivity index (χ1n) is 6.54. The first kappa shape index (κ1) is 13.8. The Bertz CT molecular complexity index is 367. The smallest absolute Gasteiger partial charge is 0.120 e. The van der Waals surface area contributed by atoms with Crippen LogP contribution in [0.2, 0.25) is 0 Å². The fraction of sp³-hybridized carbons (Fsp3) is 0.571. The van der Waals surface area contributed by atoms with Gasteiger partial charge in [-0.05, 0) is 31.0 Å². The summed E-state index contributed by atoms with van der Waals surface area (Å²) >= 11 is 3.39. The number of hydrogen-bond donors (Lipinski definition) is 2. The molecule has 0 radical (unpaired) electrons. The molecular formula is C14H20BrNO2. The van der Waals surface area contributed by atoms with Gasteiger partial charge < -0.3 is 15.2 Å². The van der Waals surface area contributed by atoms with Crippen molar-refractivity contribution in [3.63, 3.8) is 0 Å². The van der Waals surface area contributed by atoms with Crippen molar-refractivity contribution in [1.29, 1.82) is 0 Å². The van der Waals surface area contributed by atoms with Crippen LogP contribution in [0.5, 0.6) is 5.75 Å². The molecule has 0 amide bonds. The van der Waals surface area contributed by atoms with Crippen LogP contribution in [0.1, 0.15) is 25.7 Å². The standard InChI is InChI=1S/C14H20BrNO2/c15-11-4-3-7-14(8-11)18-10-13(17)9-16-12-5-1-2-6-12/h3-4,7-8,12-13,16-17H,1-2,5-6,9-10H2. The minimum absolute atomic E-state index is 0.330. The minimum Gasteiger partial charge on any atom is -0.491 e. The van der Waals surface area contributed by atoms with Crippen LogP contribution in [-0.2, 0) is 0 Å². The minimum atomic E-state index is -0.454. The summed E-state index contributed by atoms with van der Waals surface area (Å²) in [5.41, 5.74) is 0. The Labute approximate surface area is 117 Å². The quantitative estimate of drug-likeness (QED) is 0.848. The van der Waals surface area contributed by atoms with E-state index in [0.717, 1.165) is 10.2 Å². The van der Waals surface area contributed by atoms with Gasteiger partial charge in [-0.25, -0.2) is 0 Å². The highest BCUT2D eigenvalue weighted by molar-refractivity contribution is 9.10. The van der Waals surface area contributed by atoms with Crippen LogP contribution in [0, 0.1) is 0 Å². The summed E-state index contributed by atoms with van der Waals surface area (Å²) in [5.74, 6) is 0.782. The molecule has 3 nitrogen and oxygen atoms in total. The zero-order valence-electron chi connectivity index (χ0n) is 10.4. The molecule has 0 saturated heterocycles. The summed E-state index contributed by atoms with van der Waals surface area (Å²) in [6.07, 6.45) is 4.63. The molecule has 0 heterocycles. The van der Waals surface area contributed by atoms with Crippen molar-refractivity contribution in [1.82, 2.24) is 5.32 Å². The molecule has 2 N–H and O–H groups in total. The Kier molecular flexibility index (Phi) is 5.47. The van der Waals surface area contributed by atoms with Gasteiger partial charge in [-0.1, -0.05) is 34.8 Å². The Morgan fingerprint density at radius 3 is 2.89 bits per heavy atom. The average Bonchev–Trinajstić information content (AvgIpc) is 2.87. The van der Waals surface area contributed by atoms with Gasteiger partial charge in [0.05, 0.1) is 0 Å². The van der Waals surface area contributed by atoms with E-state index in [1.165, 1.54) is 25.7 Å². The van der Waals surface area contributed by atoms with E-state index in [9.17, 15) is 5.11 Å². The van der Waals surface area contributed by atoms with E-state index in [-0.39, 0.29) is 0 Å². The van der Waals surface area contributed by atoms with E-state index in [4.69, 9.17) is 4.74 Å². The molecule has 2 rings (SSSR count). The van der Waals surface area contributed by atoms with Gasteiger partial charge in [-0.3, -0.25) is 0 Å². The van der Waals surface area contributed by atoms with Crippen molar-refractivity contribution in [3.05, 3.63) is 28.7 Å². The summed E-state index contributed by atoms with van der Waals surface area (Å²) in [6, 6.07) is 8.25. The van der Waals surface area contributed by atoms with Crippen molar-refractivity contribution < 1.29 is 9.84 Å². The molecule has 0 aliphatic heterocycles. The average molecular weight is 314 g/mol. The van der Waals surface area contributed by atoms with E-state index in [1.807, 2.05) is 24.3 Å². The fourth-order valence-electron chi connectivity index (χ4n) is 2.24. The van der Waals surface area contributed by atoms with Gasteiger partial charge in [0.2, 0.25) is 0 Å². The molecule has 1 aromatic rings. The van der Waals surface area contributed by atoms with Crippen LogP contribution in [-0.4, -0.2) is 30.4 Å². The molecule has 4 heteroatoms. The lowest BCUT2D eigenvalue weighted by Crippen LogP contribution is -2.36. The predicted octanol–water partition coefficient (Wildman–Crippen LogP) is 2.72. The Morgan fingerprint density at radius 2 is 2.17 bits per heavy atom. The molecule has 1 saturated carbocycles. The van der Waals surface area contributed by atoms with Gasteiger partial charge in [0, 0.05) is 17.1 Å². The number of rotatable bonds is 6. The Morgan fingerprint density at radius 1 is 1.39 bits per heavy atom. The van der Waals surface area contributed by atoms with Crippen molar-refractivity contribution in [2.24, 2.45) is 0 Å². The van der Waals surface area contributed by atoms with Gasteiger partial charge in [0.25, 0.3) is 0 Å². The van der Waals surface area contributed by atoms with E-state index in [0.29, 0.717) is 19.2 Å². The molecule has 0 spiro atoms. The third kappa shape index (κ3) is 4.59. The zero-order chi connectivity index (χ0) is 12.8. The second-order valence-corrected chi connectivity index (χ2v) is 5.73. The summed E-state index contributed by atoms with van der Waals surface area (Å²) < 4.78 is 6.53. The van der Waals surface area contributed by atoms with Crippen LogP contribution < -0.4 is 10.1 Å². The molecule has 100 valence electrons. The van der Waals surface area contributed by atoms with Gasteiger partial charge >= 0.3 is 0 Å². The number of ether oxygens (including phenoxy) is 1. The number of hydrogen-bond acceptors (Lipinski definition) is 3. The highest BCUT2D eigenvalue weighted by Crippen LogP contribution is 2.18. The van der Waals surface area contributed by atoms with E-state index >= 15 is 0 Å². The maximum atomic E-state index is 9.84. The van der Waals surface area contributed by atoms with Crippen molar-refractivity contribution in [3.8, 4) is 5.75 Å². The molecule has 0 aromatic heterocycles. The number of halogens is 1. The fourth-order valence-corrected chi connectivity index (χ4v) is 2.62. The third-order valence-electron chi connectivity index (χ3n) is 3.24. The zero-order valence-corrected chi connectivity index (χ0v) is 12.0. The lowest BCUT2D eigenvalue weighted by molar-refractivity contribution is 0.104. The van der Waals surface area contributed by atoms with Gasteiger partial charge in [0.15, 0.2) is 0 Å². The molecule has 0 bridgehead atoms. The number of aliphatic hydroxyl groups is 1. The van der Waals surface area contributed by atoms with E-state index < -0.39 is 6.10 Å².